The number of carbonyl (C=O) groups excluding carboxylic acids is 1. The number of nitrogens with zero attached hydrogens (tertiary/aromatic N) is 1. The highest BCUT2D eigenvalue weighted by molar-refractivity contribution is 9.08. The topological polar surface area (TPSA) is 74.8 Å². The number of halogens is 1. The first kappa shape index (κ1) is 12.5. The summed E-state index contributed by atoms with van der Waals surface area (Å²) in [5.74, 6) is -0.0274. The minimum atomic E-state index is -0.497. The van der Waals surface area contributed by atoms with Crippen LogP contribution in [0.5, 0.6) is 0 Å². The summed E-state index contributed by atoms with van der Waals surface area (Å²) in [7, 11) is 0. The zero-order valence-corrected chi connectivity index (χ0v) is 10.9. The number of aromatic nitrogens is 2. The highest BCUT2D eigenvalue weighted by atomic mass is 79.9. The molecule has 1 amide bonds. The van der Waals surface area contributed by atoms with Crippen LogP contribution in [0.25, 0.3) is 0 Å². The molecule has 18 heavy (non-hydrogen) atoms. The predicted molar refractivity (Wildman–Crippen MR) is 71.9 cm³/mol. The van der Waals surface area contributed by atoms with Crippen LogP contribution in [0.1, 0.15) is 15.9 Å². The molecule has 92 valence electrons. The van der Waals surface area contributed by atoms with E-state index >= 15 is 0 Å². The van der Waals surface area contributed by atoms with Gasteiger partial charge in [-0.2, -0.15) is 4.98 Å². The maximum atomic E-state index is 11.9. The number of aromatic amines is 1. The van der Waals surface area contributed by atoms with E-state index in [1.807, 2.05) is 6.07 Å². The van der Waals surface area contributed by atoms with Crippen molar-refractivity contribution in [1.82, 2.24) is 9.97 Å². The molecule has 0 radical (unpaired) electrons. The van der Waals surface area contributed by atoms with Gasteiger partial charge in [0.1, 0.15) is 5.82 Å². The average molecular weight is 308 g/mol. The predicted octanol–water partition coefficient (Wildman–Crippen LogP) is 1.92. The molecule has 0 aliphatic carbocycles. The second-order valence-electron chi connectivity index (χ2n) is 3.53. The molecule has 0 saturated carbocycles. The fourth-order valence-electron chi connectivity index (χ4n) is 1.40. The Kier molecular flexibility index (Phi) is 3.88. The Labute approximate surface area is 111 Å². The molecule has 2 N–H and O–H groups in total. The summed E-state index contributed by atoms with van der Waals surface area (Å²) in [5, 5.41) is 3.11. The minimum Gasteiger partial charge on any atom is -0.312 e. The lowest BCUT2D eigenvalue weighted by atomic mass is 10.2. The van der Waals surface area contributed by atoms with Crippen molar-refractivity contribution in [3.05, 3.63) is 58.1 Å². The molecule has 0 aliphatic heterocycles. The monoisotopic (exact) mass is 307 g/mol. The summed E-state index contributed by atoms with van der Waals surface area (Å²) in [6.07, 6.45) is 1.52. The number of hydrogen-bond acceptors (Lipinski definition) is 3. The molecule has 2 rings (SSSR count). The Morgan fingerprint density at radius 2 is 2.06 bits per heavy atom. The zero-order chi connectivity index (χ0) is 13.0. The molecule has 0 spiro atoms. The number of alkyl halides is 1. The van der Waals surface area contributed by atoms with Gasteiger partial charge < -0.3 is 10.3 Å². The average Bonchev–Trinajstić information content (AvgIpc) is 2.40. The third-order valence-electron chi connectivity index (χ3n) is 2.30. The third kappa shape index (κ3) is 2.84. The number of benzene rings is 1. The van der Waals surface area contributed by atoms with Crippen molar-refractivity contribution >= 4 is 27.7 Å². The summed E-state index contributed by atoms with van der Waals surface area (Å²) in [6.45, 7) is 0. The number of rotatable bonds is 3. The van der Waals surface area contributed by atoms with Crippen LogP contribution in [0.3, 0.4) is 0 Å². The van der Waals surface area contributed by atoms with E-state index in [9.17, 15) is 9.59 Å². The van der Waals surface area contributed by atoms with Crippen LogP contribution in [0.4, 0.5) is 5.82 Å². The Hall–Kier alpha value is -1.95. The van der Waals surface area contributed by atoms with Crippen molar-refractivity contribution in [3.8, 4) is 0 Å². The normalized spacial score (nSPS) is 10.1. The Morgan fingerprint density at radius 1 is 1.33 bits per heavy atom. The summed E-state index contributed by atoms with van der Waals surface area (Å²) >= 11 is 3.27. The van der Waals surface area contributed by atoms with Crippen LogP contribution in [0.2, 0.25) is 0 Å². The molecule has 0 aliphatic rings. The van der Waals surface area contributed by atoms with Crippen molar-refractivity contribution in [2.75, 3.05) is 5.32 Å². The number of nitrogens with one attached hydrogen (secondary N) is 2. The van der Waals surface area contributed by atoms with Gasteiger partial charge in [0.2, 0.25) is 0 Å². The molecule has 1 aromatic carbocycles. The third-order valence-corrected chi connectivity index (χ3v) is 2.90. The summed E-state index contributed by atoms with van der Waals surface area (Å²) in [5.41, 5.74) is 0.724. The number of carbonyl (C=O) groups is 1. The molecule has 0 saturated heterocycles. The maximum Gasteiger partial charge on any atom is 0.346 e. The van der Waals surface area contributed by atoms with Crippen molar-refractivity contribution in [2.24, 2.45) is 0 Å². The van der Waals surface area contributed by atoms with E-state index in [2.05, 4.69) is 31.2 Å². The van der Waals surface area contributed by atoms with Gasteiger partial charge >= 0.3 is 5.69 Å². The SMILES string of the molecule is O=C(Nc1nc(=O)[nH]cc1CBr)c1ccccc1. The van der Waals surface area contributed by atoms with Gasteiger partial charge in [-0.15, -0.1) is 0 Å². The van der Waals surface area contributed by atoms with E-state index in [1.54, 1.807) is 24.3 Å². The molecular formula is C12H10BrN3O2. The molecule has 0 bridgehead atoms. The van der Waals surface area contributed by atoms with Crippen molar-refractivity contribution < 1.29 is 4.79 Å². The lowest BCUT2D eigenvalue weighted by molar-refractivity contribution is 0.102. The fourth-order valence-corrected chi connectivity index (χ4v) is 1.83. The quantitative estimate of drug-likeness (QED) is 0.851. The molecule has 2 aromatic rings. The zero-order valence-electron chi connectivity index (χ0n) is 9.31. The van der Waals surface area contributed by atoms with Gasteiger partial charge in [0.05, 0.1) is 0 Å². The standard InChI is InChI=1S/C12H10BrN3O2/c13-6-9-7-14-12(18)16-10(9)15-11(17)8-4-2-1-3-5-8/h1-5,7H,6H2,(H2,14,15,16,17,18). The molecule has 5 nitrogen and oxygen atoms in total. The van der Waals surface area contributed by atoms with Gasteiger partial charge in [0, 0.05) is 22.7 Å². The van der Waals surface area contributed by atoms with Crippen molar-refractivity contribution in [1.29, 1.82) is 0 Å². The minimum absolute atomic E-state index is 0.268. The Balaban J connectivity index is 2.27. The van der Waals surface area contributed by atoms with Gasteiger partial charge in [0.15, 0.2) is 0 Å². The van der Waals surface area contributed by atoms with Crippen LogP contribution < -0.4 is 11.0 Å². The van der Waals surface area contributed by atoms with E-state index < -0.39 is 5.69 Å². The van der Waals surface area contributed by atoms with E-state index in [-0.39, 0.29) is 11.7 Å². The highest BCUT2D eigenvalue weighted by Gasteiger charge is 2.10. The van der Waals surface area contributed by atoms with Gasteiger partial charge in [-0.05, 0) is 12.1 Å². The van der Waals surface area contributed by atoms with Gasteiger partial charge in [-0.25, -0.2) is 4.79 Å². The molecular weight excluding hydrogens is 298 g/mol. The maximum absolute atomic E-state index is 11.9. The van der Waals surface area contributed by atoms with Crippen LogP contribution >= 0.6 is 15.9 Å². The van der Waals surface area contributed by atoms with Crippen LogP contribution in [-0.2, 0) is 5.33 Å². The van der Waals surface area contributed by atoms with Crippen molar-refractivity contribution in [3.63, 3.8) is 0 Å². The van der Waals surface area contributed by atoms with E-state index in [0.29, 0.717) is 16.5 Å². The van der Waals surface area contributed by atoms with Crippen LogP contribution in [0.15, 0.2) is 41.3 Å². The number of anilines is 1. The smallest absolute Gasteiger partial charge is 0.312 e. The van der Waals surface area contributed by atoms with Gasteiger partial charge in [0.25, 0.3) is 5.91 Å². The van der Waals surface area contributed by atoms with Crippen LogP contribution in [-0.4, -0.2) is 15.9 Å². The first-order valence-corrected chi connectivity index (χ1v) is 6.34. The molecule has 0 atom stereocenters. The number of amides is 1. The van der Waals surface area contributed by atoms with Crippen LogP contribution in [0, 0.1) is 0 Å². The fraction of sp³-hybridized carbons (Fsp3) is 0.0833. The number of hydrogen-bond donors (Lipinski definition) is 2. The lowest BCUT2D eigenvalue weighted by Crippen LogP contribution is -2.19. The van der Waals surface area contributed by atoms with E-state index in [4.69, 9.17) is 0 Å². The molecule has 0 unspecified atom stereocenters. The van der Waals surface area contributed by atoms with Crippen molar-refractivity contribution in [2.45, 2.75) is 5.33 Å². The molecule has 1 heterocycles. The molecule has 6 heteroatoms. The van der Waals surface area contributed by atoms with Gasteiger partial charge in [-0.3, -0.25) is 4.79 Å². The molecule has 1 aromatic heterocycles. The van der Waals surface area contributed by atoms with E-state index in [0.717, 1.165) is 0 Å². The number of H-pyrrole nitrogens is 1. The largest absolute Gasteiger partial charge is 0.346 e. The first-order chi connectivity index (χ1) is 8.70. The molecule has 0 fully saturated rings. The van der Waals surface area contributed by atoms with Gasteiger partial charge in [-0.1, -0.05) is 34.1 Å². The highest BCUT2D eigenvalue weighted by Crippen LogP contribution is 2.13. The summed E-state index contributed by atoms with van der Waals surface area (Å²) in [6, 6.07) is 8.75. The second-order valence-corrected chi connectivity index (χ2v) is 4.09. The van der Waals surface area contributed by atoms with E-state index in [1.165, 1.54) is 6.20 Å². The summed E-state index contributed by atoms with van der Waals surface area (Å²) in [4.78, 5) is 29.3. The lowest BCUT2D eigenvalue weighted by Gasteiger charge is -2.07. The Morgan fingerprint density at radius 3 is 2.72 bits per heavy atom. The second kappa shape index (κ2) is 5.59. The summed E-state index contributed by atoms with van der Waals surface area (Å²) < 4.78 is 0. The first-order valence-electron chi connectivity index (χ1n) is 5.21. The Bertz CT molecular complexity index is 610.